The van der Waals surface area contributed by atoms with Gasteiger partial charge in [0, 0.05) is 6.20 Å². The molecule has 9 heteroatoms. The first-order chi connectivity index (χ1) is 16.5. The molecular formula is C25H26N4O5. The largest absolute Gasteiger partial charge is 0.481 e. The smallest absolute Gasteiger partial charge is 0.407 e. The molecular weight excluding hydrogens is 436 g/mol. The second-order valence-electron chi connectivity index (χ2n) is 7.34. The average molecular weight is 463 g/mol. The number of hydrogen-bond acceptors (Lipinski definition) is 6. The maximum atomic E-state index is 12.3. The Morgan fingerprint density at radius 3 is 2.29 bits per heavy atom. The number of amides is 2. The second kappa shape index (κ2) is 12.6. The zero-order valence-corrected chi connectivity index (χ0v) is 18.4. The van der Waals surface area contributed by atoms with Crippen LogP contribution in [0.2, 0.25) is 0 Å². The molecule has 0 fully saturated rings. The lowest BCUT2D eigenvalue weighted by Crippen LogP contribution is -2.39. The van der Waals surface area contributed by atoms with Crippen molar-refractivity contribution in [3.8, 4) is 11.1 Å². The zero-order chi connectivity index (χ0) is 24.2. The number of anilines is 1. The van der Waals surface area contributed by atoms with Gasteiger partial charge in [-0.1, -0.05) is 60.7 Å². The fourth-order valence-corrected chi connectivity index (χ4v) is 3.20. The maximum absolute atomic E-state index is 12.3. The van der Waals surface area contributed by atoms with E-state index in [1.807, 2.05) is 48.5 Å². The molecule has 0 bridgehead atoms. The topological polar surface area (TPSA) is 130 Å². The Bertz CT molecular complexity index is 1080. The molecule has 0 aliphatic heterocycles. The van der Waals surface area contributed by atoms with E-state index in [1.54, 1.807) is 30.5 Å². The number of nitrogens with one attached hydrogen (secondary N) is 3. The molecule has 3 aromatic rings. The summed E-state index contributed by atoms with van der Waals surface area (Å²) in [6, 6.07) is 21.7. The summed E-state index contributed by atoms with van der Waals surface area (Å²) in [4.78, 5) is 39.5. The molecule has 0 saturated carbocycles. The third-order valence-corrected chi connectivity index (χ3v) is 4.83. The Hall–Kier alpha value is -4.40. The maximum Gasteiger partial charge on any atom is 0.407 e. The number of carbonyl (C=O) groups is 3. The number of carboxylic acid groups (broad SMARTS) is 1. The molecule has 0 aliphatic carbocycles. The monoisotopic (exact) mass is 462 g/mol. The lowest BCUT2D eigenvalue weighted by atomic mass is 9.99. The molecule has 2 amide bonds. The highest BCUT2D eigenvalue weighted by molar-refractivity contribution is 5.83. The lowest BCUT2D eigenvalue weighted by Gasteiger charge is -2.18. The number of nitrogens with zero attached hydrogens (tertiary/aromatic N) is 1. The van der Waals surface area contributed by atoms with E-state index in [1.165, 1.54) is 0 Å². The van der Waals surface area contributed by atoms with Crippen molar-refractivity contribution in [3.05, 3.63) is 84.6 Å². The van der Waals surface area contributed by atoms with Crippen LogP contribution in [0.4, 0.5) is 10.6 Å². The third kappa shape index (κ3) is 7.94. The van der Waals surface area contributed by atoms with Gasteiger partial charge in [-0.05, 0) is 28.8 Å². The molecule has 4 N–H and O–H groups in total. The summed E-state index contributed by atoms with van der Waals surface area (Å²) in [5.74, 6) is -0.917. The van der Waals surface area contributed by atoms with Gasteiger partial charge in [0.25, 0.3) is 0 Å². The SMILES string of the molecule is O=C(O)C[C@H](NC(=O)CNC(=O)OCCNc1ccccn1)c1ccc(-c2ccccc2)cc1. The quantitative estimate of drug-likeness (QED) is 0.322. The van der Waals surface area contributed by atoms with E-state index in [0.717, 1.165) is 11.1 Å². The van der Waals surface area contributed by atoms with Crippen molar-refractivity contribution in [2.75, 3.05) is 25.0 Å². The van der Waals surface area contributed by atoms with Crippen molar-refractivity contribution >= 4 is 23.8 Å². The number of alkyl carbamates (subject to hydrolysis) is 1. The minimum Gasteiger partial charge on any atom is -0.481 e. The third-order valence-electron chi connectivity index (χ3n) is 4.83. The number of ether oxygens (including phenoxy) is 1. The molecule has 0 aliphatic rings. The van der Waals surface area contributed by atoms with Crippen molar-refractivity contribution < 1.29 is 24.2 Å². The van der Waals surface area contributed by atoms with Gasteiger partial charge in [-0.15, -0.1) is 0 Å². The van der Waals surface area contributed by atoms with Gasteiger partial charge in [0.1, 0.15) is 19.0 Å². The fraction of sp³-hybridized carbons (Fsp3) is 0.200. The van der Waals surface area contributed by atoms with Gasteiger partial charge in [-0.3, -0.25) is 9.59 Å². The molecule has 3 rings (SSSR count). The highest BCUT2D eigenvalue weighted by Crippen LogP contribution is 2.23. The summed E-state index contributed by atoms with van der Waals surface area (Å²) < 4.78 is 5.01. The average Bonchev–Trinajstić information content (AvgIpc) is 2.86. The van der Waals surface area contributed by atoms with Gasteiger partial charge in [-0.2, -0.15) is 0 Å². The summed E-state index contributed by atoms with van der Waals surface area (Å²) in [5, 5.41) is 17.3. The van der Waals surface area contributed by atoms with Crippen molar-refractivity contribution in [2.45, 2.75) is 12.5 Å². The van der Waals surface area contributed by atoms with Gasteiger partial charge in [0.15, 0.2) is 0 Å². The van der Waals surface area contributed by atoms with Crippen molar-refractivity contribution in [2.24, 2.45) is 0 Å². The van der Waals surface area contributed by atoms with Gasteiger partial charge in [-0.25, -0.2) is 9.78 Å². The Morgan fingerprint density at radius 1 is 0.912 bits per heavy atom. The summed E-state index contributed by atoms with van der Waals surface area (Å²) in [5.41, 5.74) is 2.66. The number of pyridine rings is 1. The van der Waals surface area contributed by atoms with Crippen LogP contribution in [0, 0.1) is 0 Å². The van der Waals surface area contributed by atoms with E-state index < -0.39 is 24.0 Å². The lowest BCUT2D eigenvalue weighted by molar-refractivity contribution is -0.137. The highest BCUT2D eigenvalue weighted by Gasteiger charge is 2.19. The number of rotatable bonds is 11. The normalized spacial score (nSPS) is 11.2. The standard InChI is InChI=1S/C25H26N4O5/c30-23(17-28-25(33)34-15-14-27-22-8-4-5-13-26-22)29-21(16-24(31)32)20-11-9-19(10-12-20)18-6-2-1-3-7-18/h1-13,21H,14-17H2,(H,26,27)(H,28,33)(H,29,30)(H,31,32)/t21-/m0/s1. The zero-order valence-electron chi connectivity index (χ0n) is 18.4. The van der Waals surface area contributed by atoms with Crippen molar-refractivity contribution in [1.29, 1.82) is 0 Å². The molecule has 0 unspecified atom stereocenters. The molecule has 1 atom stereocenters. The summed E-state index contributed by atoms with van der Waals surface area (Å²) in [6.45, 7) is 0.0977. The van der Waals surface area contributed by atoms with Crippen LogP contribution < -0.4 is 16.0 Å². The predicted molar refractivity (Wildman–Crippen MR) is 127 cm³/mol. The first-order valence-corrected chi connectivity index (χ1v) is 10.7. The Morgan fingerprint density at radius 2 is 1.62 bits per heavy atom. The van der Waals surface area contributed by atoms with Crippen LogP contribution in [-0.2, 0) is 14.3 Å². The summed E-state index contributed by atoms with van der Waals surface area (Å²) in [6.07, 6.45) is 0.601. The van der Waals surface area contributed by atoms with Crippen LogP contribution in [0.25, 0.3) is 11.1 Å². The molecule has 0 radical (unpaired) electrons. The van der Waals surface area contributed by atoms with Gasteiger partial charge in [0.05, 0.1) is 19.0 Å². The fourth-order valence-electron chi connectivity index (χ4n) is 3.20. The summed E-state index contributed by atoms with van der Waals surface area (Å²) >= 11 is 0. The van der Waals surface area contributed by atoms with E-state index in [2.05, 4.69) is 20.9 Å². The minimum absolute atomic E-state index is 0.0828. The van der Waals surface area contributed by atoms with E-state index in [-0.39, 0.29) is 19.6 Å². The van der Waals surface area contributed by atoms with Crippen LogP contribution in [-0.4, -0.2) is 47.8 Å². The number of aromatic nitrogens is 1. The number of hydrogen-bond donors (Lipinski definition) is 4. The molecule has 1 aromatic heterocycles. The van der Waals surface area contributed by atoms with E-state index in [0.29, 0.717) is 17.9 Å². The van der Waals surface area contributed by atoms with Crippen LogP contribution in [0.5, 0.6) is 0 Å². The highest BCUT2D eigenvalue weighted by atomic mass is 16.5. The van der Waals surface area contributed by atoms with Gasteiger partial charge < -0.3 is 25.8 Å². The molecule has 34 heavy (non-hydrogen) atoms. The van der Waals surface area contributed by atoms with Crippen LogP contribution >= 0.6 is 0 Å². The molecule has 176 valence electrons. The molecule has 0 spiro atoms. The number of carbonyl (C=O) groups excluding carboxylic acids is 2. The molecule has 2 aromatic carbocycles. The second-order valence-corrected chi connectivity index (χ2v) is 7.34. The van der Waals surface area contributed by atoms with E-state index >= 15 is 0 Å². The van der Waals surface area contributed by atoms with Crippen LogP contribution in [0.3, 0.4) is 0 Å². The first kappa shape index (κ1) is 24.2. The summed E-state index contributed by atoms with van der Waals surface area (Å²) in [7, 11) is 0. The number of benzene rings is 2. The molecule has 1 heterocycles. The van der Waals surface area contributed by atoms with Crippen LogP contribution in [0.1, 0.15) is 18.0 Å². The first-order valence-electron chi connectivity index (χ1n) is 10.7. The van der Waals surface area contributed by atoms with Crippen LogP contribution in [0.15, 0.2) is 79.0 Å². The Balaban J connectivity index is 1.46. The van der Waals surface area contributed by atoms with Crippen molar-refractivity contribution in [1.82, 2.24) is 15.6 Å². The van der Waals surface area contributed by atoms with E-state index in [9.17, 15) is 19.5 Å². The molecule has 0 saturated heterocycles. The predicted octanol–water partition coefficient (Wildman–Crippen LogP) is 3.22. The number of aliphatic carboxylic acids is 1. The molecule has 9 nitrogen and oxygen atoms in total. The van der Waals surface area contributed by atoms with E-state index in [4.69, 9.17) is 4.74 Å². The van der Waals surface area contributed by atoms with Gasteiger partial charge in [0.2, 0.25) is 5.91 Å². The number of carboxylic acids is 1. The van der Waals surface area contributed by atoms with Gasteiger partial charge >= 0.3 is 12.1 Å². The Labute approximate surface area is 197 Å². The van der Waals surface area contributed by atoms with Crippen molar-refractivity contribution in [3.63, 3.8) is 0 Å². The Kier molecular flexibility index (Phi) is 8.98. The minimum atomic E-state index is -1.05.